The van der Waals surface area contributed by atoms with E-state index in [1.165, 1.54) is 10.5 Å². The standard InChI is InChI=1S/C11H17NOS/c1-9-8-10(13-2)4-5-11(9)14-7-3-6-12/h4-5,8H,3,6-7,12H2,1-2H3. The summed E-state index contributed by atoms with van der Waals surface area (Å²) in [6, 6.07) is 6.16. The zero-order valence-corrected chi connectivity index (χ0v) is 9.56. The van der Waals surface area contributed by atoms with Crippen LogP contribution in [-0.4, -0.2) is 19.4 Å². The van der Waals surface area contributed by atoms with Crippen LogP contribution < -0.4 is 10.5 Å². The minimum absolute atomic E-state index is 0.766. The minimum atomic E-state index is 0.766. The highest BCUT2D eigenvalue weighted by atomic mass is 32.2. The monoisotopic (exact) mass is 211 g/mol. The van der Waals surface area contributed by atoms with Crippen molar-refractivity contribution in [3.63, 3.8) is 0 Å². The molecule has 0 radical (unpaired) electrons. The first-order valence-electron chi connectivity index (χ1n) is 4.75. The van der Waals surface area contributed by atoms with Crippen molar-refractivity contribution < 1.29 is 4.74 Å². The van der Waals surface area contributed by atoms with Crippen LogP contribution in [0.3, 0.4) is 0 Å². The number of benzene rings is 1. The molecule has 0 atom stereocenters. The summed E-state index contributed by atoms with van der Waals surface area (Å²) >= 11 is 1.86. The molecule has 0 saturated heterocycles. The van der Waals surface area contributed by atoms with Gasteiger partial charge < -0.3 is 10.5 Å². The molecule has 0 aromatic heterocycles. The Morgan fingerprint density at radius 1 is 1.43 bits per heavy atom. The molecule has 0 bridgehead atoms. The van der Waals surface area contributed by atoms with Gasteiger partial charge in [0.05, 0.1) is 7.11 Å². The van der Waals surface area contributed by atoms with Crippen LogP contribution in [0.5, 0.6) is 5.75 Å². The van der Waals surface area contributed by atoms with Crippen LogP contribution in [0, 0.1) is 6.92 Å². The summed E-state index contributed by atoms with van der Waals surface area (Å²) in [6.45, 7) is 2.87. The summed E-state index contributed by atoms with van der Waals surface area (Å²) in [5, 5.41) is 0. The molecule has 0 amide bonds. The van der Waals surface area contributed by atoms with Crippen molar-refractivity contribution in [2.75, 3.05) is 19.4 Å². The van der Waals surface area contributed by atoms with Crippen molar-refractivity contribution in [1.29, 1.82) is 0 Å². The largest absolute Gasteiger partial charge is 0.497 e. The van der Waals surface area contributed by atoms with Gasteiger partial charge in [-0.05, 0) is 49.4 Å². The number of thioether (sulfide) groups is 1. The summed E-state index contributed by atoms with van der Waals surface area (Å²) in [5.74, 6) is 2.01. The van der Waals surface area contributed by atoms with Crippen LogP contribution in [0.25, 0.3) is 0 Å². The lowest BCUT2D eigenvalue weighted by Crippen LogP contribution is -1.99. The third-order valence-corrected chi connectivity index (χ3v) is 3.25. The predicted octanol–water partition coefficient (Wildman–Crippen LogP) is 2.44. The van der Waals surface area contributed by atoms with Gasteiger partial charge in [-0.3, -0.25) is 0 Å². The van der Waals surface area contributed by atoms with E-state index in [2.05, 4.69) is 19.1 Å². The Labute approximate surface area is 89.8 Å². The van der Waals surface area contributed by atoms with E-state index in [1.54, 1.807) is 7.11 Å². The van der Waals surface area contributed by atoms with Gasteiger partial charge in [0.1, 0.15) is 5.75 Å². The van der Waals surface area contributed by atoms with Crippen molar-refractivity contribution in [1.82, 2.24) is 0 Å². The average molecular weight is 211 g/mol. The fourth-order valence-corrected chi connectivity index (χ4v) is 2.16. The third kappa shape index (κ3) is 3.24. The van der Waals surface area contributed by atoms with Gasteiger partial charge in [0, 0.05) is 4.90 Å². The first-order chi connectivity index (χ1) is 6.77. The Morgan fingerprint density at radius 3 is 2.79 bits per heavy atom. The van der Waals surface area contributed by atoms with Crippen molar-refractivity contribution in [2.24, 2.45) is 5.73 Å². The third-order valence-electron chi connectivity index (χ3n) is 1.99. The molecule has 1 aromatic rings. The van der Waals surface area contributed by atoms with Crippen molar-refractivity contribution in [3.8, 4) is 5.75 Å². The number of nitrogens with two attached hydrogens (primary N) is 1. The maximum absolute atomic E-state index is 5.44. The summed E-state index contributed by atoms with van der Waals surface area (Å²) in [5.41, 5.74) is 6.71. The molecule has 2 nitrogen and oxygen atoms in total. The first kappa shape index (κ1) is 11.4. The van der Waals surface area contributed by atoms with Gasteiger partial charge in [0.2, 0.25) is 0 Å². The van der Waals surface area contributed by atoms with Crippen molar-refractivity contribution >= 4 is 11.8 Å². The van der Waals surface area contributed by atoms with Gasteiger partial charge in [-0.1, -0.05) is 0 Å². The zero-order chi connectivity index (χ0) is 10.4. The molecule has 0 aliphatic carbocycles. The molecule has 0 fully saturated rings. The quantitative estimate of drug-likeness (QED) is 0.600. The number of hydrogen-bond acceptors (Lipinski definition) is 3. The van der Waals surface area contributed by atoms with Gasteiger partial charge in [-0.25, -0.2) is 0 Å². The second kappa shape index (κ2) is 5.94. The van der Waals surface area contributed by atoms with Gasteiger partial charge in [-0.2, -0.15) is 0 Å². The molecule has 2 N–H and O–H groups in total. The number of methoxy groups -OCH3 is 1. The minimum Gasteiger partial charge on any atom is -0.497 e. The van der Waals surface area contributed by atoms with Crippen LogP contribution in [0.1, 0.15) is 12.0 Å². The lowest BCUT2D eigenvalue weighted by Gasteiger charge is -2.07. The second-order valence-corrected chi connectivity index (χ2v) is 4.26. The lowest BCUT2D eigenvalue weighted by molar-refractivity contribution is 0.414. The van der Waals surface area contributed by atoms with E-state index >= 15 is 0 Å². The van der Waals surface area contributed by atoms with Gasteiger partial charge >= 0.3 is 0 Å². The van der Waals surface area contributed by atoms with E-state index in [0.29, 0.717) is 0 Å². The fraction of sp³-hybridized carbons (Fsp3) is 0.455. The molecule has 0 aliphatic rings. The van der Waals surface area contributed by atoms with Crippen LogP contribution in [0.4, 0.5) is 0 Å². The number of ether oxygens (including phenoxy) is 1. The van der Waals surface area contributed by atoms with Crippen molar-refractivity contribution in [3.05, 3.63) is 23.8 Å². The second-order valence-electron chi connectivity index (χ2n) is 3.12. The van der Waals surface area contributed by atoms with Gasteiger partial charge in [-0.15, -0.1) is 11.8 Å². The maximum atomic E-state index is 5.44. The molecule has 3 heteroatoms. The molecule has 78 valence electrons. The topological polar surface area (TPSA) is 35.2 Å². The Hall–Kier alpha value is -0.670. The summed E-state index contributed by atoms with van der Waals surface area (Å²) in [6.07, 6.45) is 1.07. The Bertz CT molecular complexity index is 289. The Balaban J connectivity index is 2.59. The van der Waals surface area contributed by atoms with E-state index in [4.69, 9.17) is 10.5 Å². The fourth-order valence-electron chi connectivity index (χ4n) is 1.18. The molecule has 1 aromatic carbocycles. The Kier molecular flexibility index (Phi) is 4.84. The van der Waals surface area contributed by atoms with E-state index in [1.807, 2.05) is 17.8 Å². The summed E-state index contributed by atoms with van der Waals surface area (Å²) < 4.78 is 5.15. The first-order valence-corrected chi connectivity index (χ1v) is 5.74. The van der Waals surface area contributed by atoms with E-state index in [9.17, 15) is 0 Å². The van der Waals surface area contributed by atoms with Crippen LogP contribution in [0.2, 0.25) is 0 Å². The molecule has 0 aliphatic heterocycles. The number of hydrogen-bond donors (Lipinski definition) is 1. The highest BCUT2D eigenvalue weighted by Gasteiger charge is 2.00. The highest BCUT2D eigenvalue weighted by molar-refractivity contribution is 7.99. The molecule has 0 spiro atoms. The normalized spacial score (nSPS) is 10.2. The SMILES string of the molecule is COc1ccc(SCCCN)c(C)c1. The average Bonchev–Trinajstić information content (AvgIpc) is 2.20. The van der Waals surface area contributed by atoms with E-state index in [0.717, 1.165) is 24.5 Å². The van der Waals surface area contributed by atoms with E-state index in [-0.39, 0.29) is 0 Å². The molecule has 0 heterocycles. The molecular weight excluding hydrogens is 194 g/mol. The summed E-state index contributed by atoms with van der Waals surface area (Å²) in [7, 11) is 1.69. The van der Waals surface area contributed by atoms with Crippen LogP contribution >= 0.6 is 11.8 Å². The van der Waals surface area contributed by atoms with Gasteiger partial charge in [0.25, 0.3) is 0 Å². The van der Waals surface area contributed by atoms with Crippen molar-refractivity contribution in [2.45, 2.75) is 18.2 Å². The molecule has 0 unspecified atom stereocenters. The number of rotatable bonds is 5. The molecular formula is C11H17NOS. The maximum Gasteiger partial charge on any atom is 0.119 e. The highest BCUT2D eigenvalue weighted by Crippen LogP contribution is 2.26. The molecule has 1 rings (SSSR count). The van der Waals surface area contributed by atoms with Crippen LogP contribution in [0.15, 0.2) is 23.1 Å². The smallest absolute Gasteiger partial charge is 0.119 e. The molecule has 0 saturated carbocycles. The van der Waals surface area contributed by atoms with Crippen LogP contribution in [-0.2, 0) is 0 Å². The number of aryl methyl sites for hydroxylation is 1. The zero-order valence-electron chi connectivity index (χ0n) is 8.75. The lowest BCUT2D eigenvalue weighted by atomic mass is 10.2. The summed E-state index contributed by atoms with van der Waals surface area (Å²) in [4.78, 5) is 1.32. The predicted molar refractivity (Wildman–Crippen MR) is 62.1 cm³/mol. The van der Waals surface area contributed by atoms with Gasteiger partial charge in [0.15, 0.2) is 0 Å². The van der Waals surface area contributed by atoms with E-state index < -0.39 is 0 Å². The Morgan fingerprint density at radius 2 is 2.21 bits per heavy atom. The molecule has 14 heavy (non-hydrogen) atoms.